The van der Waals surface area contributed by atoms with E-state index >= 15 is 0 Å². The van der Waals surface area contributed by atoms with E-state index in [4.69, 9.17) is 9.84 Å². The fourth-order valence-electron chi connectivity index (χ4n) is 2.61. The molecule has 1 aliphatic carbocycles. The Morgan fingerprint density at radius 1 is 1.44 bits per heavy atom. The molecule has 0 radical (unpaired) electrons. The Balaban J connectivity index is 2.36. The third kappa shape index (κ3) is 2.42. The number of hydrogen-bond donors (Lipinski definition) is 1. The van der Waals surface area contributed by atoms with Gasteiger partial charge in [-0.15, -0.1) is 11.3 Å². The van der Waals surface area contributed by atoms with Crippen LogP contribution in [0.3, 0.4) is 0 Å². The Hall–Kier alpha value is -0.940. The van der Waals surface area contributed by atoms with Crippen LogP contribution in [0, 0.1) is 6.92 Å². The maximum absolute atomic E-state index is 11.1. The SMILES string of the molecule is CCOC1(c2nc(C(=O)O)c(C)s2)CCCCC1. The van der Waals surface area contributed by atoms with Crippen LogP contribution in [0.1, 0.15) is 59.4 Å². The van der Waals surface area contributed by atoms with Crippen molar-refractivity contribution in [3.8, 4) is 0 Å². The van der Waals surface area contributed by atoms with Crippen molar-refractivity contribution in [2.45, 2.75) is 51.6 Å². The van der Waals surface area contributed by atoms with Gasteiger partial charge in [-0.05, 0) is 26.7 Å². The second kappa shape index (κ2) is 5.36. The van der Waals surface area contributed by atoms with E-state index in [0.717, 1.165) is 35.6 Å². The fraction of sp³-hybridized carbons (Fsp3) is 0.692. The van der Waals surface area contributed by atoms with Crippen molar-refractivity contribution in [2.75, 3.05) is 6.61 Å². The average molecular weight is 269 g/mol. The first-order valence-electron chi connectivity index (χ1n) is 6.44. The lowest BCUT2D eigenvalue weighted by molar-refractivity contribution is -0.0705. The molecule has 0 atom stereocenters. The molecule has 1 N–H and O–H groups in total. The van der Waals surface area contributed by atoms with Gasteiger partial charge in [0.1, 0.15) is 10.6 Å². The third-order valence-electron chi connectivity index (χ3n) is 3.47. The van der Waals surface area contributed by atoms with E-state index < -0.39 is 5.97 Å². The summed E-state index contributed by atoms with van der Waals surface area (Å²) in [4.78, 5) is 16.2. The van der Waals surface area contributed by atoms with Crippen LogP contribution >= 0.6 is 11.3 Å². The van der Waals surface area contributed by atoms with Gasteiger partial charge in [0.2, 0.25) is 0 Å². The number of thiazole rings is 1. The summed E-state index contributed by atoms with van der Waals surface area (Å²) in [5.41, 5.74) is -0.157. The number of rotatable bonds is 4. The van der Waals surface area contributed by atoms with Crippen molar-refractivity contribution in [3.05, 3.63) is 15.6 Å². The van der Waals surface area contributed by atoms with Crippen LogP contribution < -0.4 is 0 Å². The summed E-state index contributed by atoms with van der Waals surface area (Å²) in [5.74, 6) is -0.947. The molecule has 0 spiro atoms. The van der Waals surface area contributed by atoms with Crippen LogP contribution in [0.5, 0.6) is 0 Å². The van der Waals surface area contributed by atoms with Crippen LogP contribution in [-0.4, -0.2) is 22.7 Å². The van der Waals surface area contributed by atoms with Gasteiger partial charge in [0.25, 0.3) is 0 Å². The van der Waals surface area contributed by atoms with Gasteiger partial charge in [-0.1, -0.05) is 19.3 Å². The lowest BCUT2D eigenvalue weighted by Gasteiger charge is -2.35. The van der Waals surface area contributed by atoms with Crippen molar-refractivity contribution in [3.63, 3.8) is 0 Å². The van der Waals surface area contributed by atoms with Crippen LogP contribution in [0.15, 0.2) is 0 Å². The molecule has 1 aliphatic rings. The number of carboxylic acids is 1. The van der Waals surface area contributed by atoms with Crippen LogP contribution in [0.4, 0.5) is 0 Å². The molecule has 1 saturated carbocycles. The molecular formula is C13H19NO3S. The lowest BCUT2D eigenvalue weighted by Crippen LogP contribution is -2.32. The van der Waals surface area contributed by atoms with Crippen molar-refractivity contribution in [1.29, 1.82) is 0 Å². The molecule has 0 aliphatic heterocycles. The molecule has 5 heteroatoms. The summed E-state index contributed by atoms with van der Waals surface area (Å²) in [6, 6.07) is 0. The Labute approximate surface area is 111 Å². The minimum Gasteiger partial charge on any atom is -0.476 e. The molecule has 18 heavy (non-hydrogen) atoms. The van der Waals surface area contributed by atoms with Crippen LogP contribution in [-0.2, 0) is 10.3 Å². The predicted molar refractivity (Wildman–Crippen MR) is 70.2 cm³/mol. The Morgan fingerprint density at radius 2 is 2.11 bits per heavy atom. The average Bonchev–Trinajstić information content (AvgIpc) is 2.74. The second-order valence-electron chi connectivity index (χ2n) is 4.72. The normalized spacial score (nSPS) is 18.8. The first-order chi connectivity index (χ1) is 8.59. The molecule has 1 heterocycles. The number of carboxylic acid groups (broad SMARTS) is 1. The van der Waals surface area contributed by atoms with Gasteiger partial charge in [0, 0.05) is 11.5 Å². The summed E-state index contributed by atoms with van der Waals surface area (Å²) in [7, 11) is 0. The number of aromatic carboxylic acids is 1. The van der Waals surface area contributed by atoms with E-state index in [1.807, 2.05) is 13.8 Å². The lowest BCUT2D eigenvalue weighted by atomic mass is 9.85. The largest absolute Gasteiger partial charge is 0.476 e. The highest BCUT2D eigenvalue weighted by Gasteiger charge is 2.38. The number of nitrogens with zero attached hydrogens (tertiary/aromatic N) is 1. The third-order valence-corrected chi connectivity index (χ3v) is 4.63. The first kappa shape index (κ1) is 13.5. The topological polar surface area (TPSA) is 59.4 Å². The highest BCUT2D eigenvalue weighted by molar-refractivity contribution is 7.12. The molecule has 2 rings (SSSR count). The van der Waals surface area contributed by atoms with Gasteiger partial charge in [0.05, 0.1) is 0 Å². The quantitative estimate of drug-likeness (QED) is 0.910. The van der Waals surface area contributed by atoms with Crippen LogP contribution in [0.25, 0.3) is 0 Å². The zero-order chi connectivity index (χ0) is 13.2. The Kier molecular flexibility index (Phi) is 4.02. The number of ether oxygens (including phenoxy) is 1. The molecule has 0 unspecified atom stereocenters. The van der Waals surface area contributed by atoms with E-state index in [-0.39, 0.29) is 11.3 Å². The first-order valence-corrected chi connectivity index (χ1v) is 7.26. The van der Waals surface area contributed by atoms with Gasteiger partial charge in [0.15, 0.2) is 5.69 Å². The summed E-state index contributed by atoms with van der Waals surface area (Å²) in [5, 5.41) is 9.94. The summed E-state index contributed by atoms with van der Waals surface area (Å²) >= 11 is 1.47. The van der Waals surface area contributed by atoms with E-state index in [9.17, 15) is 4.79 Å². The van der Waals surface area contributed by atoms with Gasteiger partial charge in [-0.25, -0.2) is 9.78 Å². The van der Waals surface area contributed by atoms with E-state index in [1.165, 1.54) is 17.8 Å². The Morgan fingerprint density at radius 3 is 2.61 bits per heavy atom. The van der Waals surface area contributed by atoms with E-state index in [2.05, 4.69) is 4.98 Å². The van der Waals surface area contributed by atoms with Crippen molar-refractivity contribution < 1.29 is 14.6 Å². The zero-order valence-electron chi connectivity index (χ0n) is 10.9. The monoisotopic (exact) mass is 269 g/mol. The molecule has 100 valence electrons. The van der Waals surface area contributed by atoms with Gasteiger partial charge in [-0.2, -0.15) is 0 Å². The molecule has 4 nitrogen and oxygen atoms in total. The van der Waals surface area contributed by atoms with Gasteiger partial charge in [-0.3, -0.25) is 0 Å². The number of carbonyl (C=O) groups is 1. The van der Waals surface area contributed by atoms with Crippen molar-refractivity contribution >= 4 is 17.3 Å². The molecule has 0 aromatic carbocycles. The van der Waals surface area contributed by atoms with E-state index in [0.29, 0.717) is 6.61 Å². The molecular weight excluding hydrogens is 250 g/mol. The highest BCUT2D eigenvalue weighted by atomic mass is 32.1. The van der Waals surface area contributed by atoms with E-state index in [1.54, 1.807) is 0 Å². The Bertz CT molecular complexity index is 430. The number of aromatic nitrogens is 1. The second-order valence-corrected chi connectivity index (χ2v) is 5.92. The highest BCUT2D eigenvalue weighted by Crippen LogP contribution is 2.42. The van der Waals surface area contributed by atoms with Crippen molar-refractivity contribution in [1.82, 2.24) is 4.98 Å². The standard InChI is InChI=1S/C13H19NO3S/c1-3-17-13(7-5-4-6-8-13)12-14-10(11(15)16)9(2)18-12/h3-8H2,1-2H3,(H,15,16). The van der Waals surface area contributed by atoms with Gasteiger partial charge < -0.3 is 9.84 Å². The smallest absolute Gasteiger partial charge is 0.355 e. The maximum Gasteiger partial charge on any atom is 0.355 e. The van der Waals surface area contributed by atoms with Crippen molar-refractivity contribution in [2.24, 2.45) is 0 Å². The maximum atomic E-state index is 11.1. The minimum atomic E-state index is -0.947. The number of aryl methyl sites for hydroxylation is 1. The zero-order valence-corrected chi connectivity index (χ0v) is 11.7. The summed E-state index contributed by atoms with van der Waals surface area (Å²) < 4.78 is 5.96. The molecule has 0 amide bonds. The number of hydrogen-bond acceptors (Lipinski definition) is 4. The molecule has 1 fully saturated rings. The summed E-state index contributed by atoms with van der Waals surface area (Å²) in [6.45, 7) is 4.43. The van der Waals surface area contributed by atoms with Gasteiger partial charge >= 0.3 is 5.97 Å². The minimum absolute atomic E-state index is 0.180. The predicted octanol–water partition coefficient (Wildman–Crippen LogP) is 3.35. The molecule has 0 saturated heterocycles. The van der Waals surface area contributed by atoms with Crippen LogP contribution in [0.2, 0.25) is 0 Å². The summed E-state index contributed by atoms with van der Waals surface area (Å²) in [6.07, 6.45) is 5.38. The molecule has 1 aromatic rings. The fourth-order valence-corrected chi connectivity index (χ4v) is 3.71. The molecule has 1 aromatic heterocycles. The molecule has 0 bridgehead atoms.